The lowest BCUT2D eigenvalue weighted by molar-refractivity contribution is -0.161. The molecule has 0 aliphatic heterocycles. The molecule has 1 aliphatic carbocycles. The van der Waals surface area contributed by atoms with E-state index < -0.39 is 69.9 Å². The van der Waals surface area contributed by atoms with Gasteiger partial charge in [0, 0.05) is 31.1 Å². The van der Waals surface area contributed by atoms with Gasteiger partial charge in [0.25, 0.3) is 0 Å². The highest BCUT2D eigenvalue weighted by atomic mass is 31.2. The Labute approximate surface area is 376 Å². The summed E-state index contributed by atoms with van der Waals surface area (Å²) in [5.41, 5.74) is 5.33. The number of aliphatic carboxylic acids is 1. The van der Waals surface area contributed by atoms with Crippen LogP contribution in [0, 0.1) is 11.8 Å². The van der Waals surface area contributed by atoms with Crippen LogP contribution < -0.4 is 5.73 Å². The number of ketones is 1. The maximum atomic E-state index is 12.8. The number of Topliss-reactive ketones (excluding diaryl/α,β-unsaturated/α-hetero) is 1. The molecule has 1 saturated carbocycles. The first-order valence-electron chi connectivity index (χ1n) is 23.1. The van der Waals surface area contributed by atoms with Gasteiger partial charge in [0.05, 0.1) is 25.4 Å². The lowest BCUT2D eigenvalue weighted by atomic mass is 9.88. The summed E-state index contributed by atoms with van der Waals surface area (Å²) in [7, 11) is -4.81. The molecule has 0 aromatic rings. The highest BCUT2D eigenvalue weighted by molar-refractivity contribution is 7.47. The van der Waals surface area contributed by atoms with Gasteiger partial charge in [0.2, 0.25) is 0 Å². The molecule has 1 fully saturated rings. The van der Waals surface area contributed by atoms with Crippen LogP contribution in [-0.4, -0.2) is 88.1 Å². The number of hydrogen-bond donors (Lipinski definition) is 5. The number of carbonyl (C=O) groups is 4. The quantitative estimate of drug-likeness (QED) is 0.0168. The maximum Gasteiger partial charge on any atom is 0.472 e. The van der Waals surface area contributed by atoms with Crippen LogP contribution in [0.25, 0.3) is 0 Å². The van der Waals surface area contributed by atoms with E-state index in [0.29, 0.717) is 44.9 Å². The number of esters is 2. The van der Waals surface area contributed by atoms with E-state index >= 15 is 0 Å². The molecule has 0 aromatic heterocycles. The van der Waals surface area contributed by atoms with Gasteiger partial charge in [-0.05, 0) is 64.2 Å². The van der Waals surface area contributed by atoms with Crippen LogP contribution >= 0.6 is 7.82 Å². The van der Waals surface area contributed by atoms with Crippen LogP contribution in [-0.2, 0) is 42.3 Å². The van der Waals surface area contributed by atoms with E-state index in [-0.39, 0.29) is 36.9 Å². The summed E-state index contributed by atoms with van der Waals surface area (Å²) in [6.07, 6.45) is 37.4. The number of nitrogens with two attached hydrogens (primary N) is 1. The van der Waals surface area contributed by atoms with Gasteiger partial charge in [-0.15, -0.1) is 0 Å². The maximum absolute atomic E-state index is 12.8. The van der Waals surface area contributed by atoms with Crippen molar-refractivity contribution in [2.24, 2.45) is 17.6 Å². The second kappa shape index (κ2) is 36.8. The third-order valence-electron chi connectivity index (χ3n) is 10.3. The molecular weight excluding hydrogens is 829 g/mol. The molecule has 0 spiro atoms. The van der Waals surface area contributed by atoms with Crippen LogP contribution in [0.1, 0.15) is 149 Å². The van der Waals surface area contributed by atoms with Gasteiger partial charge in [-0.25, -0.2) is 4.57 Å². The highest BCUT2D eigenvalue weighted by Crippen LogP contribution is 2.43. The van der Waals surface area contributed by atoms with Crippen LogP contribution in [0.15, 0.2) is 72.9 Å². The average molecular weight is 908 g/mol. The summed E-state index contributed by atoms with van der Waals surface area (Å²) in [6, 6.07) is -1.58. The van der Waals surface area contributed by atoms with Crippen LogP contribution in [0.5, 0.6) is 0 Å². The zero-order chi connectivity index (χ0) is 46.6. The average Bonchev–Trinajstić information content (AvgIpc) is 3.52. The van der Waals surface area contributed by atoms with E-state index in [1.54, 1.807) is 12.2 Å². The summed E-state index contributed by atoms with van der Waals surface area (Å²) >= 11 is 0. The van der Waals surface area contributed by atoms with Gasteiger partial charge in [-0.1, -0.05) is 138 Å². The lowest BCUT2D eigenvalue weighted by Gasteiger charge is -2.20. The molecule has 0 aromatic carbocycles. The van der Waals surface area contributed by atoms with E-state index in [9.17, 15) is 38.8 Å². The van der Waals surface area contributed by atoms with E-state index in [0.717, 1.165) is 51.4 Å². The van der Waals surface area contributed by atoms with Crippen molar-refractivity contribution >= 4 is 31.5 Å². The van der Waals surface area contributed by atoms with Crippen molar-refractivity contribution in [3.63, 3.8) is 0 Å². The molecule has 15 heteroatoms. The van der Waals surface area contributed by atoms with Gasteiger partial charge in [0.1, 0.15) is 18.4 Å². The van der Waals surface area contributed by atoms with Gasteiger partial charge < -0.3 is 35.4 Å². The van der Waals surface area contributed by atoms with Crippen molar-refractivity contribution < 1.29 is 62.5 Å². The monoisotopic (exact) mass is 908 g/mol. The molecule has 1 rings (SSSR count). The molecule has 63 heavy (non-hydrogen) atoms. The van der Waals surface area contributed by atoms with Crippen LogP contribution in [0.4, 0.5) is 0 Å². The number of carboxylic acids is 1. The van der Waals surface area contributed by atoms with Gasteiger partial charge in [-0.3, -0.25) is 28.2 Å². The minimum Gasteiger partial charge on any atom is -0.480 e. The number of rotatable bonds is 38. The van der Waals surface area contributed by atoms with E-state index in [4.69, 9.17) is 24.8 Å². The summed E-state index contributed by atoms with van der Waals surface area (Å²) in [6.45, 7) is 2.34. The summed E-state index contributed by atoms with van der Waals surface area (Å²) in [5, 5.41) is 29.7. The number of phosphoric acid groups is 1. The Morgan fingerprint density at radius 2 is 1.32 bits per heavy atom. The van der Waals surface area contributed by atoms with Crippen molar-refractivity contribution in [2.45, 2.75) is 173 Å². The highest BCUT2D eigenvalue weighted by Gasteiger charge is 2.39. The summed E-state index contributed by atoms with van der Waals surface area (Å²) < 4.78 is 32.6. The molecule has 0 heterocycles. The van der Waals surface area contributed by atoms with Crippen molar-refractivity contribution in [1.29, 1.82) is 0 Å². The molecule has 0 radical (unpaired) electrons. The number of unbranched alkanes of at least 4 members (excludes halogenated alkanes) is 8. The molecule has 358 valence electrons. The fourth-order valence-electron chi connectivity index (χ4n) is 6.65. The minimum atomic E-state index is -4.81. The van der Waals surface area contributed by atoms with Crippen molar-refractivity contribution in [1.82, 2.24) is 0 Å². The van der Waals surface area contributed by atoms with Gasteiger partial charge >= 0.3 is 25.7 Å². The number of ether oxygens (including phenoxy) is 2. The smallest absolute Gasteiger partial charge is 0.472 e. The van der Waals surface area contributed by atoms with E-state index in [2.05, 4.69) is 60.9 Å². The van der Waals surface area contributed by atoms with Gasteiger partial charge in [0.15, 0.2) is 6.10 Å². The predicted molar refractivity (Wildman–Crippen MR) is 245 cm³/mol. The zero-order valence-electron chi connectivity index (χ0n) is 37.9. The molecule has 0 saturated heterocycles. The number of aliphatic hydroxyl groups excluding tert-OH is 2. The van der Waals surface area contributed by atoms with E-state index in [1.807, 2.05) is 18.2 Å². The Balaban J connectivity index is 2.51. The Morgan fingerprint density at radius 1 is 0.746 bits per heavy atom. The first-order valence-corrected chi connectivity index (χ1v) is 24.6. The van der Waals surface area contributed by atoms with Crippen molar-refractivity contribution in [3.8, 4) is 0 Å². The fourth-order valence-corrected chi connectivity index (χ4v) is 7.43. The van der Waals surface area contributed by atoms with Crippen molar-refractivity contribution in [3.05, 3.63) is 72.9 Å². The SMILES string of the molecule is CCCCC/C=C\C/C=C\C/C=C\C/C=C\C/C=C\CCC(=O)OC[C@H](COP(=O)(O)OC[C@H](N)C(=O)O)OC(=O)CCCCCC[C@H]1C(=O)C[C@@H](O)[C@@H]1/C=C/[C@@H](O)CCCCC. The molecule has 1 aliphatic rings. The topological polar surface area (TPSA) is 229 Å². The largest absolute Gasteiger partial charge is 0.480 e. The third-order valence-corrected chi connectivity index (χ3v) is 11.3. The first-order chi connectivity index (χ1) is 30.3. The second-order valence-corrected chi connectivity index (χ2v) is 17.4. The van der Waals surface area contributed by atoms with E-state index in [1.165, 1.54) is 19.3 Å². The summed E-state index contributed by atoms with van der Waals surface area (Å²) in [5.74, 6) is -3.34. The lowest BCUT2D eigenvalue weighted by Crippen LogP contribution is -2.34. The zero-order valence-corrected chi connectivity index (χ0v) is 38.7. The number of phosphoric ester groups is 1. The molecule has 7 atom stereocenters. The molecule has 0 amide bonds. The molecule has 0 bridgehead atoms. The number of allylic oxidation sites excluding steroid dienone is 10. The molecule has 6 N–H and O–H groups in total. The first kappa shape index (κ1) is 57.5. The molecule has 1 unspecified atom stereocenters. The number of aliphatic hydroxyl groups is 2. The predicted octanol–water partition coefficient (Wildman–Crippen LogP) is 9.09. The Bertz CT molecular complexity index is 1510. The minimum absolute atomic E-state index is 0.00219. The number of carboxylic acid groups (broad SMARTS) is 1. The standard InChI is InChI=1S/C48H78NO13P/c1-3-5-7-8-9-10-11-12-13-14-15-16-17-18-19-20-21-22-27-31-46(53)59-36-40(37-60-63(57,58)61-38-43(49)48(55)56)62-47(54)32-28-24-23-26-30-41-42(45(52)35-44(41)51)34-33-39(50)29-25-6-4-2/h9-10,12-13,15-16,18-19,21-22,33-34,39-43,45,50,52H,3-8,11,14,17,20,23-32,35-38,49H2,1-2H3,(H,55,56)(H,57,58)/b10-9-,13-12-,16-15-,19-18-,22-21-,34-33+/t39-,40+,41+,42+,43-,45+/m0/s1. The third kappa shape index (κ3) is 31.1. The normalized spacial score (nSPS) is 19.6. The Kier molecular flexibility index (Phi) is 33.6. The van der Waals surface area contributed by atoms with Crippen LogP contribution in [0.2, 0.25) is 0 Å². The molecular formula is C48H78NO13P. The molecule has 14 nitrogen and oxygen atoms in total. The van der Waals surface area contributed by atoms with Gasteiger partial charge in [-0.2, -0.15) is 0 Å². The summed E-state index contributed by atoms with van der Waals surface area (Å²) in [4.78, 5) is 58.8. The Hall–Kier alpha value is -3.49. The van der Waals surface area contributed by atoms with Crippen molar-refractivity contribution in [2.75, 3.05) is 19.8 Å². The van der Waals surface area contributed by atoms with Crippen LogP contribution in [0.3, 0.4) is 0 Å². The number of hydrogen-bond acceptors (Lipinski definition) is 12. The number of carbonyl (C=O) groups excluding carboxylic acids is 3. The Morgan fingerprint density at radius 3 is 1.94 bits per heavy atom. The second-order valence-electron chi connectivity index (χ2n) is 16.0. The fraction of sp³-hybridized carbons (Fsp3) is 0.667.